The fraction of sp³-hybridized carbons (Fsp3) is 0.619. The number of carbonyl (C=O) groups is 1. The maximum Gasteiger partial charge on any atom is 0.275 e. The number of piperazine rings is 1. The number of hydrogen-bond acceptors (Lipinski definition) is 6. The molecule has 2 aliphatic heterocycles. The highest BCUT2D eigenvalue weighted by molar-refractivity contribution is 6.06. The van der Waals surface area contributed by atoms with Crippen molar-refractivity contribution in [3.8, 4) is 5.75 Å². The minimum atomic E-state index is 0.0177. The number of hydrogen-bond donors (Lipinski definition) is 0. The summed E-state index contributed by atoms with van der Waals surface area (Å²) in [4.78, 5) is 20.0. The quantitative estimate of drug-likeness (QED) is 0.724. The van der Waals surface area contributed by atoms with E-state index >= 15 is 0 Å². The standard InChI is InChI=1S/C21H31N5O3/c1-3-23-7-10-25(11-8-23)21(27)19-17-5-4-6-18(28-2)20(17)26(22-19)12-9-24-13-15-29-16-14-24/h4-6H,3,7-16H2,1-2H3. The van der Waals surface area contributed by atoms with Crippen LogP contribution in [0.1, 0.15) is 17.4 Å². The van der Waals surface area contributed by atoms with Crippen LogP contribution in [0.5, 0.6) is 5.75 Å². The summed E-state index contributed by atoms with van der Waals surface area (Å²) in [6.07, 6.45) is 0. The number of methoxy groups -OCH3 is 1. The van der Waals surface area contributed by atoms with Crippen LogP contribution in [0.15, 0.2) is 18.2 Å². The predicted octanol–water partition coefficient (Wildman–Crippen LogP) is 1.15. The number of likely N-dealkylation sites (N-methyl/N-ethyl adjacent to an activating group) is 1. The number of ether oxygens (including phenoxy) is 2. The molecule has 1 aromatic carbocycles. The summed E-state index contributed by atoms with van der Waals surface area (Å²) in [5.41, 5.74) is 1.43. The van der Waals surface area contributed by atoms with Gasteiger partial charge >= 0.3 is 0 Å². The van der Waals surface area contributed by atoms with Crippen molar-refractivity contribution in [1.29, 1.82) is 0 Å². The molecule has 2 aliphatic rings. The summed E-state index contributed by atoms with van der Waals surface area (Å²) in [7, 11) is 1.67. The first-order chi connectivity index (χ1) is 14.2. The van der Waals surface area contributed by atoms with E-state index in [1.165, 1.54) is 0 Å². The molecule has 8 heteroatoms. The lowest BCUT2D eigenvalue weighted by atomic mass is 10.1. The van der Waals surface area contributed by atoms with Crippen LogP contribution in [0.2, 0.25) is 0 Å². The Bertz CT molecular complexity index is 838. The summed E-state index contributed by atoms with van der Waals surface area (Å²) >= 11 is 0. The molecule has 0 atom stereocenters. The van der Waals surface area contributed by atoms with Crippen molar-refractivity contribution < 1.29 is 14.3 Å². The van der Waals surface area contributed by atoms with Crippen LogP contribution in [-0.4, -0.2) is 103 Å². The summed E-state index contributed by atoms with van der Waals surface area (Å²) in [6, 6.07) is 5.84. The third-order valence-corrected chi connectivity index (χ3v) is 5.99. The Kier molecular flexibility index (Phi) is 6.32. The van der Waals surface area contributed by atoms with E-state index in [4.69, 9.17) is 14.6 Å². The molecule has 0 spiro atoms. The van der Waals surface area contributed by atoms with Crippen molar-refractivity contribution in [2.75, 3.05) is 72.7 Å². The number of carbonyl (C=O) groups excluding carboxylic acids is 1. The van der Waals surface area contributed by atoms with Gasteiger partial charge in [-0.3, -0.25) is 14.4 Å². The molecular weight excluding hydrogens is 370 g/mol. The minimum absolute atomic E-state index is 0.0177. The Morgan fingerprint density at radius 2 is 1.83 bits per heavy atom. The maximum absolute atomic E-state index is 13.3. The van der Waals surface area contributed by atoms with Gasteiger partial charge in [-0.2, -0.15) is 5.10 Å². The molecular formula is C21H31N5O3. The summed E-state index contributed by atoms with van der Waals surface area (Å²) in [5.74, 6) is 0.774. The van der Waals surface area contributed by atoms with E-state index in [0.717, 1.165) is 82.2 Å². The van der Waals surface area contributed by atoms with Crippen LogP contribution < -0.4 is 4.74 Å². The van der Waals surface area contributed by atoms with Gasteiger partial charge in [0.05, 0.1) is 26.9 Å². The fourth-order valence-electron chi connectivity index (χ4n) is 4.17. The van der Waals surface area contributed by atoms with E-state index in [9.17, 15) is 4.79 Å². The number of nitrogens with zero attached hydrogens (tertiary/aromatic N) is 5. The first-order valence-corrected chi connectivity index (χ1v) is 10.6. The molecule has 1 amide bonds. The third-order valence-electron chi connectivity index (χ3n) is 5.99. The van der Waals surface area contributed by atoms with E-state index in [1.54, 1.807) is 7.11 Å². The van der Waals surface area contributed by atoms with E-state index in [1.807, 2.05) is 27.8 Å². The average molecular weight is 402 g/mol. The van der Waals surface area contributed by atoms with Crippen LogP contribution in [0, 0.1) is 0 Å². The van der Waals surface area contributed by atoms with Crippen molar-refractivity contribution in [1.82, 2.24) is 24.5 Å². The van der Waals surface area contributed by atoms with E-state index in [2.05, 4.69) is 16.7 Å². The van der Waals surface area contributed by atoms with Gasteiger partial charge < -0.3 is 19.3 Å². The SMILES string of the molecule is CCN1CCN(C(=O)c2nn(CCN3CCOCC3)c3c(OC)cccc23)CC1. The smallest absolute Gasteiger partial charge is 0.275 e. The maximum atomic E-state index is 13.3. The van der Waals surface area contributed by atoms with Crippen molar-refractivity contribution in [2.45, 2.75) is 13.5 Å². The molecule has 8 nitrogen and oxygen atoms in total. The molecule has 29 heavy (non-hydrogen) atoms. The molecule has 0 N–H and O–H groups in total. The van der Waals surface area contributed by atoms with Crippen LogP contribution in [0.3, 0.4) is 0 Å². The highest BCUT2D eigenvalue weighted by Crippen LogP contribution is 2.29. The summed E-state index contributed by atoms with van der Waals surface area (Å²) in [5, 5.41) is 5.64. The zero-order valence-electron chi connectivity index (χ0n) is 17.5. The topological polar surface area (TPSA) is 63.1 Å². The van der Waals surface area contributed by atoms with E-state index in [0.29, 0.717) is 12.2 Å². The van der Waals surface area contributed by atoms with Crippen molar-refractivity contribution in [2.24, 2.45) is 0 Å². The molecule has 3 heterocycles. The molecule has 0 aliphatic carbocycles. The van der Waals surface area contributed by atoms with Crippen molar-refractivity contribution >= 4 is 16.8 Å². The lowest BCUT2D eigenvalue weighted by Gasteiger charge is -2.33. The van der Waals surface area contributed by atoms with Crippen LogP contribution >= 0.6 is 0 Å². The monoisotopic (exact) mass is 401 g/mol. The summed E-state index contributed by atoms with van der Waals surface area (Å²) in [6.45, 7) is 11.5. The molecule has 4 rings (SSSR count). The number of para-hydroxylation sites is 1. The van der Waals surface area contributed by atoms with Crippen LogP contribution in [-0.2, 0) is 11.3 Å². The zero-order valence-corrected chi connectivity index (χ0v) is 17.5. The van der Waals surface area contributed by atoms with Gasteiger partial charge in [0.1, 0.15) is 11.3 Å². The molecule has 2 fully saturated rings. The largest absolute Gasteiger partial charge is 0.494 e. The molecule has 0 saturated carbocycles. The van der Waals surface area contributed by atoms with Gasteiger partial charge in [0.15, 0.2) is 5.69 Å². The Labute approximate surface area is 171 Å². The predicted molar refractivity (Wildman–Crippen MR) is 112 cm³/mol. The van der Waals surface area contributed by atoms with Gasteiger partial charge in [0.2, 0.25) is 0 Å². The number of morpholine rings is 1. The van der Waals surface area contributed by atoms with Crippen LogP contribution in [0.25, 0.3) is 10.9 Å². The zero-order chi connectivity index (χ0) is 20.2. The van der Waals surface area contributed by atoms with Crippen LogP contribution in [0.4, 0.5) is 0 Å². The Balaban J connectivity index is 1.59. The molecule has 0 radical (unpaired) electrons. The Morgan fingerprint density at radius 3 is 2.52 bits per heavy atom. The molecule has 158 valence electrons. The van der Waals surface area contributed by atoms with Crippen molar-refractivity contribution in [3.05, 3.63) is 23.9 Å². The Morgan fingerprint density at radius 1 is 1.07 bits per heavy atom. The molecule has 2 aromatic rings. The first-order valence-electron chi connectivity index (χ1n) is 10.6. The number of fused-ring (bicyclic) bond motifs is 1. The number of rotatable bonds is 6. The third kappa shape index (κ3) is 4.24. The van der Waals surface area contributed by atoms with Gasteiger partial charge in [-0.25, -0.2) is 0 Å². The second-order valence-corrected chi connectivity index (χ2v) is 7.61. The van der Waals surface area contributed by atoms with Crippen molar-refractivity contribution in [3.63, 3.8) is 0 Å². The number of aromatic nitrogens is 2. The molecule has 0 unspecified atom stereocenters. The van der Waals surface area contributed by atoms with Gasteiger partial charge in [0.25, 0.3) is 5.91 Å². The van der Waals surface area contributed by atoms with Gasteiger partial charge in [-0.1, -0.05) is 19.1 Å². The minimum Gasteiger partial charge on any atom is -0.494 e. The molecule has 0 bridgehead atoms. The molecule has 1 aromatic heterocycles. The first kappa shape index (κ1) is 20.1. The van der Waals surface area contributed by atoms with E-state index in [-0.39, 0.29) is 5.91 Å². The van der Waals surface area contributed by atoms with Gasteiger partial charge in [-0.05, 0) is 12.6 Å². The number of amides is 1. The summed E-state index contributed by atoms with van der Waals surface area (Å²) < 4.78 is 13.0. The van der Waals surface area contributed by atoms with E-state index < -0.39 is 0 Å². The normalized spacial score (nSPS) is 19.0. The lowest BCUT2D eigenvalue weighted by molar-refractivity contribution is 0.0361. The fourth-order valence-corrected chi connectivity index (χ4v) is 4.17. The highest BCUT2D eigenvalue weighted by Gasteiger charge is 2.27. The average Bonchev–Trinajstić information content (AvgIpc) is 3.17. The number of benzene rings is 1. The second kappa shape index (κ2) is 9.11. The highest BCUT2D eigenvalue weighted by atomic mass is 16.5. The second-order valence-electron chi connectivity index (χ2n) is 7.61. The Hall–Kier alpha value is -2.16. The van der Waals surface area contributed by atoms with Gasteiger partial charge in [0, 0.05) is 51.2 Å². The van der Waals surface area contributed by atoms with Gasteiger partial charge in [-0.15, -0.1) is 0 Å². The lowest BCUT2D eigenvalue weighted by Crippen LogP contribution is -2.48. The molecule has 2 saturated heterocycles.